The van der Waals surface area contributed by atoms with E-state index >= 15 is 0 Å². The molecule has 0 atom stereocenters. The molecule has 7 heteroatoms. The van der Waals surface area contributed by atoms with E-state index in [4.69, 9.17) is 9.97 Å². The van der Waals surface area contributed by atoms with Crippen molar-refractivity contribution in [2.45, 2.75) is 11.7 Å². The van der Waals surface area contributed by atoms with E-state index in [1.54, 1.807) is 4.90 Å². The van der Waals surface area contributed by atoms with Gasteiger partial charge < -0.3 is 4.90 Å². The lowest BCUT2D eigenvalue weighted by Crippen LogP contribution is -2.27. The first-order chi connectivity index (χ1) is 15.1. The normalized spacial score (nSPS) is 11.4. The van der Waals surface area contributed by atoms with Crippen molar-refractivity contribution in [1.29, 1.82) is 0 Å². The van der Waals surface area contributed by atoms with Crippen LogP contribution in [0.2, 0.25) is 0 Å². The monoisotopic (exact) mass is 490 g/mol. The number of amides is 1. The second-order valence-corrected chi connectivity index (χ2v) is 9.20. The molecule has 5 rings (SSSR count). The van der Waals surface area contributed by atoms with Crippen LogP contribution in [-0.2, 0) is 11.3 Å². The second kappa shape index (κ2) is 8.32. The van der Waals surface area contributed by atoms with E-state index in [0.29, 0.717) is 12.3 Å². The van der Waals surface area contributed by atoms with Gasteiger partial charge in [0.1, 0.15) is 5.65 Å². The summed E-state index contributed by atoms with van der Waals surface area (Å²) in [6, 6.07) is 24.0. The second-order valence-electron chi connectivity index (χ2n) is 7.34. The van der Waals surface area contributed by atoms with E-state index in [-0.39, 0.29) is 5.91 Å². The molecule has 0 aliphatic heterocycles. The first kappa shape index (κ1) is 20.0. The zero-order valence-electron chi connectivity index (χ0n) is 16.8. The van der Waals surface area contributed by atoms with Crippen LogP contribution in [0, 0.1) is 0 Å². The smallest absolute Gasteiger partial charge is 0.233 e. The summed E-state index contributed by atoms with van der Waals surface area (Å²) in [6.07, 6.45) is 0. The molecule has 0 bridgehead atoms. The molecule has 5 aromatic rings. The molecule has 0 N–H and O–H groups in total. The Hall–Kier alpha value is -2.90. The van der Waals surface area contributed by atoms with Crippen LogP contribution in [0.3, 0.4) is 0 Å². The maximum absolute atomic E-state index is 12.8. The number of benzene rings is 3. The number of rotatable bonds is 5. The van der Waals surface area contributed by atoms with Crippen molar-refractivity contribution < 1.29 is 4.79 Å². The van der Waals surface area contributed by atoms with Crippen LogP contribution in [0.25, 0.3) is 27.6 Å². The Morgan fingerprint density at radius 1 is 1.00 bits per heavy atom. The summed E-state index contributed by atoms with van der Waals surface area (Å²) < 4.78 is 3.04. The van der Waals surface area contributed by atoms with Crippen LogP contribution in [0.5, 0.6) is 0 Å². The number of halogens is 1. The highest BCUT2D eigenvalue weighted by Crippen LogP contribution is 2.30. The summed E-state index contributed by atoms with van der Waals surface area (Å²) in [5, 5.41) is 1.74. The Bertz CT molecular complexity index is 1420. The van der Waals surface area contributed by atoms with Crippen LogP contribution >= 0.6 is 27.7 Å². The van der Waals surface area contributed by atoms with Gasteiger partial charge in [0.2, 0.25) is 5.91 Å². The van der Waals surface area contributed by atoms with E-state index in [9.17, 15) is 4.79 Å². The van der Waals surface area contributed by atoms with Gasteiger partial charge in [-0.25, -0.2) is 9.97 Å². The van der Waals surface area contributed by atoms with Crippen molar-refractivity contribution in [3.05, 3.63) is 82.8 Å². The number of para-hydroxylation sites is 2. The van der Waals surface area contributed by atoms with Crippen molar-refractivity contribution in [2.24, 2.45) is 0 Å². The van der Waals surface area contributed by atoms with Gasteiger partial charge >= 0.3 is 0 Å². The number of hydrogen-bond acceptors (Lipinski definition) is 4. The number of thioether (sulfide) groups is 1. The lowest BCUT2D eigenvalue weighted by atomic mass is 10.2. The number of imidazole rings is 1. The standard InChI is InChI=1S/C24H19BrN4OS/c1-28(14-16-7-3-2-4-8-16)22(30)15-31-24-27-19-12-11-17(25)13-18(19)23-26-20-9-5-6-10-21(20)29(23)24/h2-13H,14-15H2,1H3. The number of aromatic nitrogens is 3. The molecule has 2 aromatic heterocycles. The quantitative estimate of drug-likeness (QED) is 0.239. The summed E-state index contributed by atoms with van der Waals surface area (Å²) >= 11 is 5.00. The molecule has 3 aromatic carbocycles. The van der Waals surface area contributed by atoms with Gasteiger partial charge in [0.05, 0.1) is 22.3 Å². The van der Waals surface area contributed by atoms with Crippen LogP contribution < -0.4 is 0 Å². The van der Waals surface area contributed by atoms with Crippen LogP contribution in [0.15, 0.2) is 82.4 Å². The highest BCUT2D eigenvalue weighted by molar-refractivity contribution is 9.10. The van der Waals surface area contributed by atoms with E-state index in [0.717, 1.165) is 42.8 Å². The van der Waals surface area contributed by atoms with Crippen molar-refractivity contribution in [3.63, 3.8) is 0 Å². The molecule has 31 heavy (non-hydrogen) atoms. The predicted octanol–water partition coefficient (Wildman–Crippen LogP) is 5.55. The third-order valence-corrected chi connectivity index (χ3v) is 6.60. The molecule has 0 unspecified atom stereocenters. The van der Waals surface area contributed by atoms with Crippen molar-refractivity contribution >= 4 is 61.2 Å². The third-order valence-electron chi connectivity index (χ3n) is 5.18. The summed E-state index contributed by atoms with van der Waals surface area (Å²) in [5.74, 6) is 0.365. The van der Waals surface area contributed by atoms with E-state index < -0.39 is 0 Å². The first-order valence-corrected chi connectivity index (χ1v) is 11.6. The highest BCUT2D eigenvalue weighted by Gasteiger charge is 2.17. The fourth-order valence-electron chi connectivity index (χ4n) is 3.62. The molecule has 0 fully saturated rings. The third kappa shape index (κ3) is 3.91. The van der Waals surface area contributed by atoms with Gasteiger partial charge in [0.25, 0.3) is 0 Å². The summed E-state index contributed by atoms with van der Waals surface area (Å²) in [7, 11) is 1.84. The molecule has 0 spiro atoms. The Morgan fingerprint density at radius 3 is 2.61 bits per heavy atom. The topological polar surface area (TPSA) is 50.5 Å². The van der Waals surface area contributed by atoms with E-state index in [2.05, 4.69) is 20.3 Å². The Kier molecular flexibility index (Phi) is 5.38. The number of carbonyl (C=O) groups excluding carboxylic acids is 1. The SMILES string of the molecule is CN(Cc1ccccc1)C(=O)CSc1nc2ccc(Br)cc2c2nc3ccccc3n12. The van der Waals surface area contributed by atoms with Gasteiger partial charge in [-0.3, -0.25) is 9.20 Å². The average molecular weight is 491 g/mol. The minimum Gasteiger partial charge on any atom is -0.341 e. The molecule has 2 heterocycles. The largest absolute Gasteiger partial charge is 0.341 e. The molecular formula is C24H19BrN4OS. The van der Waals surface area contributed by atoms with Crippen molar-refractivity contribution in [3.8, 4) is 0 Å². The summed E-state index contributed by atoms with van der Waals surface area (Å²) in [4.78, 5) is 24.3. The van der Waals surface area contributed by atoms with Gasteiger partial charge in [-0.2, -0.15) is 0 Å². The number of nitrogens with zero attached hydrogens (tertiary/aromatic N) is 4. The van der Waals surface area contributed by atoms with E-state index in [1.165, 1.54) is 11.8 Å². The Labute approximate surface area is 192 Å². The Morgan fingerprint density at radius 2 is 1.77 bits per heavy atom. The lowest BCUT2D eigenvalue weighted by Gasteiger charge is -2.17. The maximum Gasteiger partial charge on any atom is 0.233 e. The molecular weight excluding hydrogens is 472 g/mol. The van der Waals surface area contributed by atoms with Gasteiger partial charge in [-0.05, 0) is 35.9 Å². The van der Waals surface area contributed by atoms with Gasteiger partial charge in [-0.1, -0.05) is 70.2 Å². The van der Waals surface area contributed by atoms with E-state index in [1.807, 2.05) is 79.8 Å². The average Bonchev–Trinajstić information content (AvgIpc) is 3.18. The minimum atomic E-state index is 0.0594. The molecule has 5 nitrogen and oxygen atoms in total. The summed E-state index contributed by atoms with van der Waals surface area (Å²) in [5.41, 5.74) is 4.71. The molecule has 0 saturated carbocycles. The fraction of sp³-hybridized carbons (Fsp3) is 0.125. The zero-order valence-corrected chi connectivity index (χ0v) is 19.2. The lowest BCUT2D eigenvalue weighted by molar-refractivity contribution is -0.127. The molecule has 1 amide bonds. The number of fused-ring (bicyclic) bond motifs is 5. The van der Waals surface area contributed by atoms with Crippen LogP contribution in [0.4, 0.5) is 0 Å². The molecule has 0 saturated heterocycles. The van der Waals surface area contributed by atoms with Crippen molar-refractivity contribution in [2.75, 3.05) is 12.8 Å². The fourth-order valence-corrected chi connectivity index (χ4v) is 4.93. The predicted molar refractivity (Wildman–Crippen MR) is 129 cm³/mol. The maximum atomic E-state index is 12.8. The molecule has 154 valence electrons. The zero-order chi connectivity index (χ0) is 21.4. The van der Waals surface area contributed by atoms with Gasteiger partial charge in [-0.15, -0.1) is 0 Å². The minimum absolute atomic E-state index is 0.0594. The Balaban J connectivity index is 1.50. The molecule has 0 aliphatic carbocycles. The molecule has 0 radical (unpaired) electrons. The van der Waals surface area contributed by atoms with Gasteiger partial charge in [0.15, 0.2) is 5.16 Å². The van der Waals surface area contributed by atoms with Crippen molar-refractivity contribution in [1.82, 2.24) is 19.3 Å². The number of hydrogen-bond donors (Lipinski definition) is 0. The van der Waals surface area contributed by atoms with Crippen LogP contribution in [0.1, 0.15) is 5.56 Å². The highest BCUT2D eigenvalue weighted by atomic mass is 79.9. The summed E-state index contributed by atoms with van der Waals surface area (Å²) in [6.45, 7) is 0.586. The number of carbonyl (C=O) groups is 1. The molecule has 0 aliphatic rings. The van der Waals surface area contributed by atoms with Gasteiger partial charge in [0, 0.05) is 23.5 Å². The van der Waals surface area contributed by atoms with Crippen LogP contribution in [-0.4, -0.2) is 38.0 Å². The first-order valence-electron chi connectivity index (χ1n) is 9.87.